The van der Waals surface area contributed by atoms with Crippen LogP contribution in [0, 0.1) is 16.0 Å². The van der Waals surface area contributed by atoms with Gasteiger partial charge in [-0.1, -0.05) is 31.2 Å². The molecular formula is C18H17F3N2O5S. The monoisotopic (exact) mass is 430 g/mol. The zero-order chi connectivity index (χ0) is 22.0. The molecule has 156 valence electrons. The van der Waals surface area contributed by atoms with Gasteiger partial charge in [0.1, 0.15) is 5.78 Å². The molecule has 0 fully saturated rings. The molecule has 0 heterocycles. The average Bonchev–Trinajstić information content (AvgIpc) is 2.65. The van der Waals surface area contributed by atoms with E-state index < -0.39 is 55.0 Å². The van der Waals surface area contributed by atoms with Crippen LogP contribution in [0.3, 0.4) is 0 Å². The fraction of sp³-hybridized carbons (Fsp3) is 0.278. The Bertz CT molecular complexity index is 1020. The lowest BCUT2D eigenvalue weighted by atomic mass is 9.92. The van der Waals surface area contributed by atoms with Crippen LogP contribution in [0.4, 0.5) is 18.9 Å². The van der Waals surface area contributed by atoms with E-state index in [0.717, 1.165) is 36.4 Å². The topological polar surface area (TPSA) is 106 Å². The Balaban J connectivity index is 2.50. The SMILES string of the molecule is CC(=O)[C@H](C)[C@@H](NS(=O)(=O)c1ccccc1[N+](=O)[O-])c1ccc(C(F)(F)F)cc1. The lowest BCUT2D eigenvalue weighted by Crippen LogP contribution is -2.35. The number of rotatable bonds is 7. The summed E-state index contributed by atoms with van der Waals surface area (Å²) in [7, 11) is -4.47. The molecule has 2 atom stereocenters. The van der Waals surface area contributed by atoms with E-state index in [1.807, 2.05) is 0 Å². The van der Waals surface area contributed by atoms with Crippen LogP contribution in [0.1, 0.15) is 31.0 Å². The lowest BCUT2D eigenvalue weighted by Gasteiger charge is -2.24. The molecule has 0 aliphatic heterocycles. The van der Waals surface area contributed by atoms with Crippen LogP contribution in [0.5, 0.6) is 0 Å². The highest BCUT2D eigenvalue weighted by Crippen LogP contribution is 2.32. The van der Waals surface area contributed by atoms with E-state index in [9.17, 15) is 36.5 Å². The third-order valence-electron chi connectivity index (χ3n) is 4.37. The van der Waals surface area contributed by atoms with Gasteiger partial charge < -0.3 is 0 Å². The molecule has 2 aromatic carbocycles. The first-order valence-corrected chi connectivity index (χ1v) is 9.76. The van der Waals surface area contributed by atoms with Crippen molar-refractivity contribution in [1.29, 1.82) is 0 Å². The second kappa shape index (κ2) is 8.29. The van der Waals surface area contributed by atoms with Gasteiger partial charge in [0.2, 0.25) is 10.0 Å². The standard InChI is InChI=1S/C18H17F3N2O5S/c1-11(12(2)24)17(13-7-9-14(10-8-13)18(19,20)21)22-29(27,28)16-6-4-3-5-15(16)23(25)26/h3-11,17,22H,1-2H3/t11-,17+/m0/s1. The number of benzene rings is 2. The van der Waals surface area contributed by atoms with Gasteiger partial charge in [-0.25, -0.2) is 13.1 Å². The summed E-state index contributed by atoms with van der Waals surface area (Å²) in [5, 5.41) is 11.2. The predicted molar refractivity (Wildman–Crippen MR) is 97.4 cm³/mol. The molecule has 2 aromatic rings. The van der Waals surface area contributed by atoms with Gasteiger partial charge in [0.25, 0.3) is 5.69 Å². The average molecular weight is 430 g/mol. The van der Waals surface area contributed by atoms with Gasteiger partial charge in [-0.2, -0.15) is 13.2 Å². The Morgan fingerprint density at radius 2 is 1.66 bits per heavy atom. The van der Waals surface area contributed by atoms with E-state index >= 15 is 0 Å². The van der Waals surface area contributed by atoms with Gasteiger partial charge >= 0.3 is 6.18 Å². The summed E-state index contributed by atoms with van der Waals surface area (Å²) < 4.78 is 66.2. The molecular weight excluding hydrogens is 413 g/mol. The molecule has 29 heavy (non-hydrogen) atoms. The number of nitrogens with zero attached hydrogens (tertiary/aromatic N) is 1. The van der Waals surface area contributed by atoms with E-state index in [0.29, 0.717) is 0 Å². The van der Waals surface area contributed by atoms with Crippen molar-refractivity contribution in [3.05, 3.63) is 69.8 Å². The molecule has 7 nitrogen and oxygen atoms in total. The smallest absolute Gasteiger partial charge is 0.300 e. The number of nitro benzene ring substituents is 1. The third kappa shape index (κ3) is 5.18. The highest BCUT2D eigenvalue weighted by Gasteiger charge is 2.34. The Labute approximate surface area is 164 Å². The fourth-order valence-corrected chi connectivity index (χ4v) is 4.12. The minimum atomic E-state index is -4.58. The number of alkyl halides is 3. The van der Waals surface area contributed by atoms with Crippen LogP contribution in [-0.2, 0) is 21.0 Å². The minimum Gasteiger partial charge on any atom is -0.300 e. The highest BCUT2D eigenvalue weighted by atomic mass is 32.2. The van der Waals surface area contributed by atoms with Crippen molar-refractivity contribution in [2.75, 3.05) is 0 Å². The van der Waals surface area contributed by atoms with E-state index in [1.54, 1.807) is 0 Å². The molecule has 0 aliphatic rings. The third-order valence-corrected chi connectivity index (χ3v) is 5.86. The zero-order valence-corrected chi connectivity index (χ0v) is 16.1. The molecule has 0 saturated carbocycles. The van der Waals surface area contributed by atoms with Crippen LogP contribution in [-0.4, -0.2) is 19.1 Å². The number of nitro groups is 1. The molecule has 0 unspecified atom stereocenters. The molecule has 0 aromatic heterocycles. The maximum Gasteiger partial charge on any atom is 0.416 e. The second-order valence-electron chi connectivity index (χ2n) is 6.34. The van der Waals surface area contributed by atoms with Crippen molar-refractivity contribution in [2.45, 2.75) is 31.0 Å². The highest BCUT2D eigenvalue weighted by molar-refractivity contribution is 7.89. The summed E-state index contributed by atoms with van der Waals surface area (Å²) in [5.74, 6) is -1.36. The second-order valence-corrected chi connectivity index (χ2v) is 8.03. The van der Waals surface area contributed by atoms with E-state index in [1.165, 1.54) is 26.0 Å². The van der Waals surface area contributed by atoms with Gasteiger partial charge in [-0.3, -0.25) is 14.9 Å². The molecule has 1 N–H and O–H groups in total. The number of sulfonamides is 1. The molecule has 0 saturated heterocycles. The van der Waals surface area contributed by atoms with Crippen molar-refractivity contribution in [3.8, 4) is 0 Å². The number of halogens is 3. The van der Waals surface area contributed by atoms with Gasteiger partial charge in [0.15, 0.2) is 4.90 Å². The first-order chi connectivity index (χ1) is 13.3. The predicted octanol–water partition coefficient (Wildman–Crippen LogP) is 3.86. The Kier molecular flexibility index (Phi) is 6.43. The molecule has 11 heteroatoms. The number of hydrogen-bond acceptors (Lipinski definition) is 5. The summed E-state index contributed by atoms with van der Waals surface area (Å²) in [6.07, 6.45) is -4.58. The van der Waals surface area contributed by atoms with Crippen LogP contribution in [0.2, 0.25) is 0 Å². The van der Waals surface area contributed by atoms with Gasteiger partial charge in [0, 0.05) is 12.0 Å². The number of hydrogen-bond donors (Lipinski definition) is 1. The van der Waals surface area contributed by atoms with Crippen molar-refractivity contribution < 1.29 is 31.3 Å². The normalized spacial score (nSPS) is 14.2. The van der Waals surface area contributed by atoms with Crippen molar-refractivity contribution >= 4 is 21.5 Å². The largest absolute Gasteiger partial charge is 0.416 e. The lowest BCUT2D eigenvalue weighted by molar-refractivity contribution is -0.387. The number of nitrogens with one attached hydrogen (secondary N) is 1. The van der Waals surface area contributed by atoms with E-state index in [2.05, 4.69) is 4.72 Å². The van der Waals surface area contributed by atoms with Crippen LogP contribution >= 0.6 is 0 Å². The van der Waals surface area contributed by atoms with E-state index in [4.69, 9.17) is 0 Å². The molecule has 0 radical (unpaired) electrons. The summed E-state index contributed by atoms with van der Waals surface area (Å²) in [5.41, 5.74) is -1.48. The fourth-order valence-electron chi connectivity index (χ4n) is 2.64. The first kappa shape index (κ1) is 22.5. The zero-order valence-electron chi connectivity index (χ0n) is 15.3. The number of para-hydroxylation sites is 1. The minimum absolute atomic E-state index is 0.114. The Hall–Kier alpha value is -2.79. The Morgan fingerprint density at radius 1 is 1.10 bits per heavy atom. The number of ketones is 1. The number of carbonyl (C=O) groups is 1. The number of carbonyl (C=O) groups excluding carboxylic acids is 1. The number of Topliss-reactive ketones (excluding diaryl/α,β-unsaturated/α-hetero) is 1. The van der Waals surface area contributed by atoms with Gasteiger partial charge in [0.05, 0.1) is 16.5 Å². The van der Waals surface area contributed by atoms with Crippen molar-refractivity contribution in [3.63, 3.8) is 0 Å². The summed E-state index contributed by atoms with van der Waals surface area (Å²) in [6, 6.07) is 7.08. The maximum atomic E-state index is 12.8. The summed E-state index contributed by atoms with van der Waals surface area (Å²) in [6.45, 7) is 2.62. The van der Waals surface area contributed by atoms with E-state index in [-0.39, 0.29) is 5.56 Å². The van der Waals surface area contributed by atoms with Crippen LogP contribution < -0.4 is 4.72 Å². The quantitative estimate of drug-likeness (QED) is 0.530. The van der Waals surface area contributed by atoms with Crippen molar-refractivity contribution in [2.24, 2.45) is 5.92 Å². The molecule has 0 spiro atoms. The molecule has 2 rings (SSSR count). The first-order valence-electron chi connectivity index (χ1n) is 8.28. The Morgan fingerprint density at radius 3 is 2.14 bits per heavy atom. The van der Waals surface area contributed by atoms with Gasteiger partial charge in [-0.05, 0) is 30.7 Å². The van der Waals surface area contributed by atoms with Gasteiger partial charge in [-0.15, -0.1) is 0 Å². The molecule has 0 aliphatic carbocycles. The van der Waals surface area contributed by atoms with Crippen LogP contribution in [0.15, 0.2) is 53.4 Å². The molecule has 0 amide bonds. The maximum absolute atomic E-state index is 12.8. The molecule has 0 bridgehead atoms. The summed E-state index contributed by atoms with van der Waals surface area (Å²) in [4.78, 5) is 21.5. The van der Waals surface area contributed by atoms with Crippen molar-refractivity contribution in [1.82, 2.24) is 4.72 Å². The van der Waals surface area contributed by atoms with Crippen LogP contribution in [0.25, 0.3) is 0 Å². The summed E-state index contributed by atoms with van der Waals surface area (Å²) >= 11 is 0.